The largest absolute Gasteiger partial charge is 0.381 e. The van der Waals surface area contributed by atoms with Crippen molar-refractivity contribution >= 4 is 11.7 Å². The van der Waals surface area contributed by atoms with Gasteiger partial charge in [0.1, 0.15) is 5.82 Å². The summed E-state index contributed by atoms with van der Waals surface area (Å²) in [6, 6.07) is 4.24. The molecule has 0 spiro atoms. The lowest BCUT2D eigenvalue weighted by Crippen LogP contribution is -2.35. The molecule has 1 aromatic carbocycles. The Labute approximate surface area is 112 Å². The Morgan fingerprint density at radius 2 is 2.37 bits per heavy atom. The molecular weight excluding hydrogens is 247 g/mol. The lowest BCUT2D eigenvalue weighted by atomic mass is 10.0. The van der Waals surface area contributed by atoms with Crippen LogP contribution in [0.5, 0.6) is 0 Å². The SMILES string of the molecule is Cc1cc(NC(=O)NC[C@H]2CCCOC2)ccc1F. The van der Waals surface area contributed by atoms with Crippen molar-refractivity contribution in [3.8, 4) is 0 Å². The minimum Gasteiger partial charge on any atom is -0.381 e. The smallest absolute Gasteiger partial charge is 0.319 e. The average molecular weight is 266 g/mol. The fraction of sp³-hybridized carbons (Fsp3) is 0.500. The molecule has 4 nitrogen and oxygen atoms in total. The van der Waals surface area contributed by atoms with Crippen molar-refractivity contribution in [1.29, 1.82) is 0 Å². The number of nitrogens with one attached hydrogen (secondary N) is 2. The first-order chi connectivity index (χ1) is 9.15. The van der Waals surface area contributed by atoms with E-state index in [4.69, 9.17) is 4.74 Å². The highest BCUT2D eigenvalue weighted by atomic mass is 19.1. The Bertz CT molecular complexity index is 445. The van der Waals surface area contributed by atoms with Gasteiger partial charge in [-0.05, 0) is 49.4 Å². The first kappa shape index (κ1) is 13.8. The molecule has 2 N–H and O–H groups in total. The van der Waals surface area contributed by atoms with E-state index >= 15 is 0 Å². The van der Waals surface area contributed by atoms with Gasteiger partial charge in [0.05, 0.1) is 6.61 Å². The second-order valence-electron chi connectivity index (χ2n) is 4.88. The molecule has 5 heteroatoms. The van der Waals surface area contributed by atoms with E-state index in [1.807, 2.05) is 0 Å². The van der Waals surface area contributed by atoms with Crippen molar-refractivity contribution in [1.82, 2.24) is 5.32 Å². The van der Waals surface area contributed by atoms with Gasteiger partial charge in [0.25, 0.3) is 0 Å². The number of carbonyl (C=O) groups excluding carboxylic acids is 1. The van der Waals surface area contributed by atoms with Gasteiger partial charge in [-0.15, -0.1) is 0 Å². The summed E-state index contributed by atoms with van der Waals surface area (Å²) in [7, 11) is 0. The highest BCUT2D eigenvalue weighted by Crippen LogP contribution is 2.14. The van der Waals surface area contributed by atoms with Crippen molar-refractivity contribution in [3.05, 3.63) is 29.6 Å². The van der Waals surface area contributed by atoms with Gasteiger partial charge in [-0.1, -0.05) is 0 Å². The Morgan fingerprint density at radius 3 is 3.05 bits per heavy atom. The molecule has 104 valence electrons. The van der Waals surface area contributed by atoms with Crippen LogP contribution in [-0.2, 0) is 4.74 Å². The Morgan fingerprint density at radius 1 is 1.53 bits per heavy atom. The summed E-state index contributed by atoms with van der Waals surface area (Å²) in [5.41, 5.74) is 1.11. The van der Waals surface area contributed by atoms with E-state index in [2.05, 4.69) is 10.6 Å². The molecule has 2 amide bonds. The van der Waals surface area contributed by atoms with Crippen LogP contribution in [0.3, 0.4) is 0 Å². The van der Waals surface area contributed by atoms with Crippen LogP contribution in [0, 0.1) is 18.7 Å². The number of urea groups is 1. The molecule has 0 bridgehead atoms. The van der Waals surface area contributed by atoms with E-state index in [1.165, 1.54) is 6.07 Å². The molecule has 0 radical (unpaired) electrons. The second-order valence-corrected chi connectivity index (χ2v) is 4.88. The van der Waals surface area contributed by atoms with Gasteiger partial charge in [0, 0.05) is 18.8 Å². The maximum atomic E-state index is 13.1. The van der Waals surface area contributed by atoms with E-state index in [9.17, 15) is 9.18 Å². The highest BCUT2D eigenvalue weighted by Gasteiger charge is 2.14. The summed E-state index contributed by atoms with van der Waals surface area (Å²) in [6.07, 6.45) is 2.13. The molecule has 0 saturated carbocycles. The fourth-order valence-corrected chi connectivity index (χ4v) is 2.10. The molecule has 1 atom stereocenters. The van der Waals surface area contributed by atoms with Crippen molar-refractivity contribution in [2.24, 2.45) is 5.92 Å². The molecule has 0 aliphatic carbocycles. The normalized spacial score (nSPS) is 18.9. The minimum atomic E-state index is -0.273. The summed E-state index contributed by atoms with van der Waals surface area (Å²) >= 11 is 0. The Hall–Kier alpha value is -1.62. The van der Waals surface area contributed by atoms with Crippen LogP contribution in [0.25, 0.3) is 0 Å². The van der Waals surface area contributed by atoms with Gasteiger partial charge >= 0.3 is 6.03 Å². The summed E-state index contributed by atoms with van der Waals surface area (Å²) in [5, 5.41) is 5.50. The third-order valence-electron chi connectivity index (χ3n) is 3.22. The number of amides is 2. The first-order valence-corrected chi connectivity index (χ1v) is 6.54. The van der Waals surface area contributed by atoms with Gasteiger partial charge in [0.2, 0.25) is 0 Å². The minimum absolute atomic E-state index is 0.267. The molecule has 1 aliphatic heterocycles. The number of benzene rings is 1. The van der Waals surface area contributed by atoms with Gasteiger partial charge in [-0.25, -0.2) is 9.18 Å². The van der Waals surface area contributed by atoms with Crippen LogP contribution in [0.4, 0.5) is 14.9 Å². The van der Waals surface area contributed by atoms with Gasteiger partial charge in [-0.3, -0.25) is 0 Å². The molecule has 19 heavy (non-hydrogen) atoms. The quantitative estimate of drug-likeness (QED) is 0.883. The summed E-state index contributed by atoms with van der Waals surface area (Å²) in [4.78, 5) is 11.7. The topological polar surface area (TPSA) is 50.4 Å². The maximum Gasteiger partial charge on any atom is 0.319 e. The third kappa shape index (κ3) is 4.21. The average Bonchev–Trinajstić information content (AvgIpc) is 2.42. The molecule has 1 aliphatic rings. The molecular formula is C14H19FN2O2. The summed E-state index contributed by atoms with van der Waals surface area (Å²) < 4.78 is 18.4. The molecule has 0 unspecified atom stereocenters. The molecule has 1 fully saturated rings. The number of ether oxygens (including phenoxy) is 1. The molecule has 1 heterocycles. The maximum absolute atomic E-state index is 13.1. The van der Waals surface area contributed by atoms with Crippen molar-refractivity contribution in [2.45, 2.75) is 19.8 Å². The molecule has 0 aromatic heterocycles. The predicted molar refractivity (Wildman–Crippen MR) is 71.7 cm³/mol. The predicted octanol–water partition coefficient (Wildman–Crippen LogP) is 2.68. The van der Waals surface area contributed by atoms with Crippen LogP contribution in [-0.4, -0.2) is 25.8 Å². The Kier molecular flexibility index (Phi) is 4.74. The van der Waals surface area contributed by atoms with Crippen molar-refractivity contribution in [3.63, 3.8) is 0 Å². The molecule has 2 rings (SSSR count). The van der Waals surface area contributed by atoms with Crippen LogP contribution < -0.4 is 10.6 Å². The fourth-order valence-electron chi connectivity index (χ4n) is 2.10. The van der Waals surface area contributed by atoms with Gasteiger partial charge in [-0.2, -0.15) is 0 Å². The number of anilines is 1. The highest BCUT2D eigenvalue weighted by molar-refractivity contribution is 5.89. The number of halogens is 1. The van der Waals surface area contributed by atoms with E-state index < -0.39 is 0 Å². The van der Waals surface area contributed by atoms with Gasteiger partial charge < -0.3 is 15.4 Å². The zero-order valence-corrected chi connectivity index (χ0v) is 11.0. The lowest BCUT2D eigenvalue weighted by Gasteiger charge is -2.22. The number of aryl methyl sites for hydroxylation is 1. The van der Waals surface area contributed by atoms with E-state index in [1.54, 1.807) is 19.1 Å². The number of hydrogen-bond acceptors (Lipinski definition) is 2. The Balaban J connectivity index is 1.78. The number of carbonyl (C=O) groups is 1. The standard InChI is InChI=1S/C14H19FN2O2/c1-10-7-12(4-5-13(10)15)17-14(18)16-8-11-3-2-6-19-9-11/h4-5,7,11H,2-3,6,8-9H2,1H3,(H2,16,17,18)/t11-/m1/s1. The zero-order valence-electron chi connectivity index (χ0n) is 11.0. The summed E-state index contributed by atoms with van der Waals surface area (Å²) in [6.45, 7) is 3.79. The van der Waals surface area contributed by atoms with Crippen LogP contribution in [0.15, 0.2) is 18.2 Å². The van der Waals surface area contributed by atoms with Crippen molar-refractivity contribution < 1.29 is 13.9 Å². The van der Waals surface area contributed by atoms with Crippen molar-refractivity contribution in [2.75, 3.05) is 25.1 Å². The molecule has 1 aromatic rings. The second kappa shape index (κ2) is 6.52. The van der Waals surface area contributed by atoms with Crippen LogP contribution in [0.1, 0.15) is 18.4 Å². The van der Waals surface area contributed by atoms with Crippen LogP contribution >= 0.6 is 0 Å². The van der Waals surface area contributed by atoms with E-state index in [0.717, 1.165) is 19.4 Å². The first-order valence-electron chi connectivity index (χ1n) is 6.54. The monoisotopic (exact) mass is 266 g/mol. The number of hydrogen-bond donors (Lipinski definition) is 2. The zero-order chi connectivity index (χ0) is 13.7. The van der Waals surface area contributed by atoms with Crippen LogP contribution in [0.2, 0.25) is 0 Å². The van der Waals surface area contributed by atoms with E-state index in [0.29, 0.717) is 30.3 Å². The lowest BCUT2D eigenvalue weighted by molar-refractivity contribution is 0.0559. The number of rotatable bonds is 3. The summed E-state index contributed by atoms with van der Waals surface area (Å²) in [5.74, 6) is 0.111. The van der Waals surface area contributed by atoms with Gasteiger partial charge in [0.15, 0.2) is 0 Å². The molecule has 1 saturated heterocycles. The van der Waals surface area contributed by atoms with E-state index in [-0.39, 0.29) is 11.8 Å². The third-order valence-corrected chi connectivity index (χ3v) is 3.22.